The van der Waals surface area contributed by atoms with E-state index in [4.69, 9.17) is 15.0 Å². The van der Waals surface area contributed by atoms with E-state index in [1.54, 1.807) is 0 Å². The van der Waals surface area contributed by atoms with E-state index in [-0.39, 0.29) is 0 Å². The third-order valence-electron chi connectivity index (χ3n) is 8.06. The quantitative estimate of drug-likeness (QED) is 0.224. The number of thiophene rings is 1. The molecule has 0 radical (unpaired) electrons. The van der Waals surface area contributed by atoms with Crippen LogP contribution in [0, 0.1) is 0 Å². The summed E-state index contributed by atoms with van der Waals surface area (Å²) in [4.78, 5) is 15.0. The Morgan fingerprint density at radius 3 is 1.61 bits per heavy atom. The molecule has 0 atom stereocenters. The van der Waals surface area contributed by atoms with Gasteiger partial charge in [0.2, 0.25) is 0 Å². The second-order valence-corrected chi connectivity index (χ2v) is 11.5. The van der Waals surface area contributed by atoms with E-state index in [2.05, 4.69) is 91.0 Å². The zero-order chi connectivity index (χ0) is 26.9. The van der Waals surface area contributed by atoms with Gasteiger partial charge >= 0.3 is 0 Å². The molecule has 9 rings (SSSR count). The monoisotopic (exact) mass is 539 g/mol. The summed E-state index contributed by atoms with van der Waals surface area (Å²) in [6.45, 7) is 0. The summed E-state index contributed by atoms with van der Waals surface area (Å²) in [5, 5.41) is 5.08. The zero-order valence-corrected chi connectivity index (χ0v) is 22.7. The maximum Gasteiger partial charge on any atom is 0.164 e. The van der Waals surface area contributed by atoms with E-state index < -0.39 is 0 Å². The lowest BCUT2D eigenvalue weighted by Gasteiger charge is -2.10. The smallest absolute Gasteiger partial charge is 0.164 e. The molecule has 3 nitrogen and oxygen atoms in total. The van der Waals surface area contributed by atoms with Gasteiger partial charge in [-0.3, -0.25) is 0 Å². The number of nitrogens with zero attached hydrogens (tertiary/aromatic N) is 3. The largest absolute Gasteiger partial charge is 0.208 e. The van der Waals surface area contributed by atoms with Crippen LogP contribution in [0.25, 0.3) is 87.4 Å². The fourth-order valence-corrected chi connectivity index (χ4v) is 7.38. The minimum atomic E-state index is 0.675. The molecule has 0 unspecified atom stereocenters. The average Bonchev–Trinajstić information content (AvgIpc) is 3.57. The molecule has 0 bridgehead atoms. The number of benzene rings is 6. The first-order valence-electron chi connectivity index (χ1n) is 13.7. The Morgan fingerprint density at radius 1 is 0.390 bits per heavy atom. The number of fused-ring (bicyclic) bond motifs is 6. The van der Waals surface area contributed by atoms with Gasteiger partial charge in [-0.25, -0.2) is 15.0 Å². The van der Waals surface area contributed by atoms with Crippen molar-refractivity contribution in [2.75, 3.05) is 0 Å². The van der Waals surface area contributed by atoms with Gasteiger partial charge in [0.25, 0.3) is 0 Å². The van der Waals surface area contributed by atoms with Crippen molar-refractivity contribution in [2.24, 2.45) is 0 Å². The van der Waals surface area contributed by atoms with E-state index in [0.717, 1.165) is 16.7 Å². The average molecular weight is 540 g/mol. The molecule has 0 aliphatic heterocycles. The van der Waals surface area contributed by atoms with Crippen molar-refractivity contribution in [3.05, 3.63) is 127 Å². The summed E-state index contributed by atoms with van der Waals surface area (Å²) in [5.41, 5.74) is 8.22. The van der Waals surface area contributed by atoms with Gasteiger partial charge in [-0.15, -0.1) is 11.3 Å². The molecular weight excluding hydrogens is 518 g/mol. The standard InChI is InChI=1S/C37H21N3S/c1-3-10-23(11-4-1)35-38-36(24-12-5-2-6-13-24)40-37(39-35)27-18-9-19-31-34(27)30-20-28-25-16-7-14-22-15-8-17-26(33(22)25)29(28)21-32(30)41-31/h1-21H. The molecular formula is C37H21N3S. The highest BCUT2D eigenvalue weighted by atomic mass is 32.1. The highest BCUT2D eigenvalue weighted by Gasteiger charge is 2.24. The highest BCUT2D eigenvalue weighted by molar-refractivity contribution is 7.26. The summed E-state index contributed by atoms with van der Waals surface area (Å²) in [6.07, 6.45) is 0. The van der Waals surface area contributed by atoms with E-state index in [9.17, 15) is 0 Å². The topological polar surface area (TPSA) is 38.7 Å². The Kier molecular flexibility index (Phi) is 4.77. The number of hydrogen-bond donors (Lipinski definition) is 0. The molecule has 0 fully saturated rings. The van der Waals surface area contributed by atoms with Gasteiger partial charge in [0.1, 0.15) is 0 Å². The molecule has 0 spiro atoms. The van der Waals surface area contributed by atoms with Crippen LogP contribution >= 0.6 is 11.3 Å². The van der Waals surface area contributed by atoms with Gasteiger partial charge in [0.05, 0.1) is 0 Å². The lowest BCUT2D eigenvalue weighted by atomic mass is 9.99. The number of rotatable bonds is 3. The molecule has 1 aliphatic rings. The Balaban J connectivity index is 1.32. The Morgan fingerprint density at radius 2 is 0.951 bits per heavy atom. The molecule has 6 aromatic carbocycles. The van der Waals surface area contributed by atoms with Crippen LogP contribution in [0.1, 0.15) is 0 Å². The van der Waals surface area contributed by atoms with Crippen molar-refractivity contribution in [1.29, 1.82) is 0 Å². The van der Waals surface area contributed by atoms with E-state index >= 15 is 0 Å². The first kappa shape index (κ1) is 22.6. The van der Waals surface area contributed by atoms with Crippen LogP contribution < -0.4 is 0 Å². The van der Waals surface area contributed by atoms with Gasteiger partial charge in [-0.05, 0) is 51.2 Å². The third kappa shape index (κ3) is 3.41. The molecule has 0 saturated heterocycles. The zero-order valence-electron chi connectivity index (χ0n) is 21.9. The molecule has 0 amide bonds. The molecule has 190 valence electrons. The molecule has 0 saturated carbocycles. The second-order valence-electron chi connectivity index (χ2n) is 10.4. The van der Waals surface area contributed by atoms with Crippen LogP contribution in [0.5, 0.6) is 0 Å². The van der Waals surface area contributed by atoms with Crippen molar-refractivity contribution in [3.63, 3.8) is 0 Å². The van der Waals surface area contributed by atoms with Gasteiger partial charge < -0.3 is 0 Å². The molecule has 41 heavy (non-hydrogen) atoms. The van der Waals surface area contributed by atoms with Crippen molar-refractivity contribution in [1.82, 2.24) is 15.0 Å². The summed E-state index contributed by atoms with van der Waals surface area (Å²) in [5.74, 6) is 2.04. The minimum absolute atomic E-state index is 0.675. The Labute approximate surface area is 240 Å². The maximum atomic E-state index is 5.05. The summed E-state index contributed by atoms with van der Waals surface area (Å²) >= 11 is 1.83. The number of aromatic nitrogens is 3. The van der Waals surface area contributed by atoms with Crippen LogP contribution in [-0.2, 0) is 0 Å². The van der Waals surface area contributed by atoms with Crippen molar-refractivity contribution in [3.8, 4) is 56.4 Å². The van der Waals surface area contributed by atoms with Crippen LogP contribution in [-0.4, -0.2) is 15.0 Å². The van der Waals surface area contributed by atoms with Crippen LogP contribution in [0.3, 0.4) is 0 Å². The van der Waals surface area contributed by atoms with Crippen molar-refractivity contribution < 1.29 is 0 Å². The minimum Gasteiger partial charge on any atom is -0.208 e. The van der Waals surface area contributed by atoms with Crippen molar-refractivity contribution in [2.45, 2.75) is 0 Å². The SMILES string of the molecule is c1ccc(-c2nc(-c3ccccc3)nc(-c3cccc4sc5cc6c(cc5c34)-c3cccc4cccc-6c34)n2)cc1. The van der Waals surface area contributed by atoms with Crippen LogP contribution in [0.4, 0.5) is 0 Å². The lowest BCUT2D eigenvalue weighted by molar-refractivity contribution is 1.08. The molecule has 2 aromatic heterocycles. The van der Waals surface area contributed by atoms with Gasteiger partial charge in [-0.2, -0.15) is 0 Å². The summed E-state index contributed by atoms with van der Waals surface area (Å²) in [6, 6.07) is 44.8. The third-order valence-corrected chi connectivity index (χ3v) is 9.18. The maximum absolute atomic E-state index is 5.05. The van der Waals surface area contributed by atoms with E-state index in [0.29, 0.717) is 17.5 Å². The lowest BCUT2D eigenvalue weighted by Crippen LogP contribution is -2.00. The van der Waals surface area contributed by atoms with Gasteiger partial charge in [0.15, 0.2) is 17.5 Å². The fourth-order valence-electron chi connectivity index (χ4n) is 6.22. The predicted octanol–water partition coefficient (Wildman–Crippen LogP) is 10.0. The molecule has 1 aliphatic carbocycles. The van der Waals surface area contributed by atoms with E-state index in [1.807, 2.05) is 47.7 Å². The first-order valence-corrected chi connectivity index (χ1v) is 14.5. The first-order chi connectivity index (χ1) is 20.3. The van der Waals surface area contributed by atoms with Gasteiger partial charge in [-0.1, -0.05) is 109 Å². The van der Waals surface area contributed by atoms with Gasteiger partial charge in [0, 0.05) is 36.9 Å². The predicted molar refractivity (Wildman–Crippen MR) is 171 cm³/mol. The van der Waals surface area contributed by atoms with Crippen LogP contribution in [0.2, 0.25) is 0 Å². The van der Waals surface area contributed by atoms with Crippen molar-refractivity contribution >= 4 is 42.3 Å². The molecule has 2 heterocycles. The summed E-state index contributed by atoms with van der Waals surface area (Å²) in [7, 11) is 0. The Bertz CT molecular complexity index is 2240. The number of hydrogen-bond acceptors (Lipinski definition) is 4. The summed E-state index contributed by atoms with van der Waals surface area (Å²) < 4.78 is 2.51. The Hall–Kier alpha value is -5.19. The second kappa shape index (κ2) is 8.65. The van der Waals surface area contributed by atoms with Crippen LogP contribution in [0.15, 0.2) is 127 Å². The molecule has 8 aromatic rings. The fraction of sp³-hybridized carbons (Fsp3) is 0. The molecule has 4 heteroatoms. The molecule has 0 N–H and O–H groups in total. The highest BCUT2D eigenvalue weighted by Crippen LogP contribution is 2.51. The normalized spacial score (nSPS) is 11.9. The van der Waals surface area contributed by atoms with E-state index in [1.165, 1.54) is 53.2 Å².